The highest BCUT2D eigenvalue weighted by molar-refractivity contribution is 7.99. The van der Waals surface area contributed by atoms with Crippen molar-refractivity contribution in [2.75, 3.05) is 38.4 Å². The van der Waals surface area contributed by atoms with Crippen LogP contribution in [0, 0.1) is 0 Å². The summed E-state index contributed by atoms with van der Waals surface area (Å²) in [7, 11) is 2.53. The molecule has 2 heterocycles. The van der Waals surface area contributed by atoms with Crippen LogP contribution in [-0.4, -0.2) is 78.8 Å². The second kappa shape index (κ2) is 7.83. The van der Waals surface area contributed by atoms with Gasteiger partial charge < -0.3 is 9.32 Å². The van der Waals surface area contributed by atoms with Gasteiger partial charge in [0.2, 0.25) is 11.8 Å². The first-order valence-electron chi connectivity index (χ1n) is 7.82. The molecule has 1 aliphatic heterocycles. The van der Waals surface area contributed by atoms with Gasteiger partial charge in [-0.15, -0.1) is 10.2 Å². The first kappa shape index (κ1) is 19.2. The van der Waals surface area contributed by atoms with Gasteiger partial charge >= 0.3 is 0 Å². The van der Waals surface area contributed by atoms with Gasteiger partial charge in [0.05, 0.1) is 23.3 Å². The molecule has 10 heteroatoms. The SMILES string of the molecule is CC[C@@H](c1nnc(SCC(=O)N(C)[C@@H]2CCS(=O)(=O)C2)o1)N(C)C. The van der Waals surface area contributed by atoms with Gasteiger partial charge in [0.25, 0.3) is 5.22 Å². The minimum Gasteiger partial charge on any atom is -0.414 e. The molecule has 0 aromatic carbocycles. The van der Waals surface area contributed by atoms with Crippen molar-refractivity contribution in [3.63, 3.8) is 0 Å². The van der Waals surface area contributed by atoms with Crippen molar-refractivity contribution in [3.05, 3.63) is 5.89 Å². The summed E-state index contributed by atoms with van der Waals surface area (Å²) in [6, 6.07) is -0.187. The molecule has 1 fully saturated rings. The third-order valence-corrected chi connectivity index (χ3v) is 6.74. The van der Waals surface area contributed by atoms with E-state index < -0.39 is 9.84 Å². The Hall–Kier alpha value is -1.13. The Morgan fingerprint density at radius 3 is 2.62 bits per heavy atom. The summed E-state index contributed by atoms with van der Waals surface area (Å²) in [5.74, 6) is 0.742. The van der Waals surface area contributed by atoms with E-state index in [1.807, 2.05) is 25.9 Å². The van der Waals surface area contributed by atoms with Gasteiger partial charge in [-0.2, -0.15) is 0 Å². The van der Waals surface area contributed by atoms with Crippen LogP contribution in [0.3, 0.4) is 0 Å². The molecule has 0 spiro atoms. The van der Waals surface area contributed by atoms with Crippen molar-refractivity contribution >= 4 is 27.5 Å². The molecular weight excluding hydrogens is 352 g/mol. The zero-order chi connectivity index (χ0) is 17.9. The molecule has 0 aliphatic carbocycles. The fraction of sp³-hybridized carbons (Fsp3) is 0.786. The smallest absolute Gasteiger partial charge is 0.277 e. The normalized spacial score (nSPS) is 21.1. The lowest BCUT2D eigenvalue weighted by Crippen LogP contribution is -2.38. The van der Waals surface area contributed by atoms with Gasteiger partial charge in [-0.25, -0.2) is 8.42 Å². The molecule has 2 rings (SSSR count). The highest BCUT2D eigenvalue weighted by Crippen LogP contribution is 2.25. The van der Waals surface area contributed by atoms with Crippen molar-refractivity contribution in [3.8, 4) is 0 Å². The number of thioether (sulfide) groups is 1. The average molecular weight is 377 g/mol. The summed E-state index contributed by atoms with van der Waals surface area (Å²) in [5, 5.41) is 8.37. The largest absolute Gasteiger partial charge is 0.414 e. The second-order valence-electron chi connectivity index (χ2n) is 6.14. The van der Waals surface area contributed by atoms with E-state index in [0.29, 0.717) is 17.5 Å². The van der Waals surface area contributed by atoms with Crippen LogP contribution in [0.5, 0.6) is 0 Å². The van der Waals surface area contributed by atoms with E-state index in [-0.39, 0.29) is 35.2 Å². The lowest BCUT2D eigenvalue weighted by atomic mass is 10.2. The molecule has 1 aromatic heterocycles. The first-order chi connectivity index (χ1) is 11.2. The maximum atomic E-state index is 12.2. The second-order valence-corrected chi connectivity index (χ2v) is 9.30. The molecule has 24 heavy (non-hydrogen) atoms. The molecule has 0 saturated carbocycles. The van der Waals surface area contributed by atoms with E-state index in [4.69, 9.17) is 4.42 Å². The van der Waals surface area contributed by atoms with E-state index >= 15 is 0 Å². The number of sulfone groups is 1. The quantitative estimate of drug-likeness (QED) is 0.645. The first-order valence-corrected chi connectivity index (χ1v) is 10.6. The fourth-order valence-corrected chi connectivity index (χ4v) is 5.15. The van der Waals surface area contributed by atoms with Crippen molar-refractivity contribution in [1.29, 1.82) is 0 Å². The van der Waals surface area contributed by atoms with Gasteiger partial charge in [0.15, 0.2) is 9.84 Å². The van der Waals surface area contributed by atoms with Crippen LogP contribution in [0.4, 0.5) is 0 Å². The number of carbonyl (C=O) groups is 1. The number of aromatic nitrogens is 2. The van der Waals surface area contributed by atoms with Crippen LogP contribution in [0.2, 0.25) is 0 Å². The van der Waals surface area contributed by atoms with Crippen molar-refractivity contribution in [2.24, 2.45) is 0 Å². The lowest BCUT2D eigenvalue weighted by molar-refractivity contribution is -0.128. The molecule has 1 aromatic rings. The Labute approximate surface area is 146 Å². The third kappa shape index (κ3) is 4.70. The number of hydrogen-bond donors (Lipinski definition) is 0. The molecule has 1 aliphatic rings. The van der Waals surface area contributed by atoms with E-state index in [2.05, 4.69) is 10.2 Å². The van der Waals surface area contributed by atoms with Gasteiger partial charge in [-0.3, -0.25) is 9.69 Å². The molecule has 0 radical (unpaired) electrons. The van der Waals surface area contributed by atoms with Crippen LogP contribution >= 0.6 is 11.8 Å². The fourth-order valence-electron chi connectivity index (χ4n) is 2.68. The molecule has 0 unspecified atom stereocenters. The topological polar surface area (TPSA) is 96.6 Å². The van der Waals surface area contributed by atoms with Crippen LogP contribution < -0.4 is 0 Å². The van der Waals surface area contributed by atoms with E-state index in [1.165, 1.54) is 16.7 Å². The van der Waals surface area contributed by atoms with Gasteiger partial charge in [-0.1, -0.05) is 18.7 Å². The summed E-state index contributed by atoms with van der Waals surface area (Å²) < 4.78 is 28.7. The minimum atomic E-state index is -3.00. The molecule has 2 atom stereocenters. The predicted octanol–water partition coefficient (Wildman–Crippen LogP) is 0.820. The molecule has 0 bridgehead atoms. The number of rotatable bonds is 7. The average Bonchev–Trinajstić information content (AvgIpc) is 3.11. The molecule has 136 valence electrons. The third-order valence-electron chi connectivity index (χ3n) is 4.19. The minimum absolute atomic E-state index is 0.0472. The Morgan fingerprint density at radius 1 is 1.38 bits per heavy atom. The van der Waals surface area contributed by atoms with Crippen LogP contribution in [0.25, 0.3) is 0 Å². The number of carbonyl (C=O) groups excluding carboxylic acids is 1. The highest BCUT2D eigenvalue weighted by Gasteiger charge is 2.32. The molecule has 8 nitrogen and oxygen atoms in total. The molecule has 1 amide bonds. The van der Waals surface area contributed by atoms with Crippen LogP contribution in [-0.2, 0) is 14.6 Å². The van der Waals surface area contributed by atoms with Crippen molar-refractivity contribution in [1.82, 2.24) is 20.0 Å². The zero-order valence-electron chi connectivity index (χ0n) is 14.4. The van der Waals surface area contributed by atoms with Crippen molar-refractivity contribution in [2.45, 2.75) is 37.1 Å². The Bertz CT molecular complexity index is 674. The number of nitrogens with zero attached hydrogens (tertiary/aromatic N) is 4. The molecule has 0 N–H and O–H groups in total. The summed E-state index contributed by atoms with van der Waals surface area (Å²) in [6.45, 7) is 2.04. The standard InChI is InChI=1S/C14H24N4O4S2/c1-5-11(17(2)3)13-15-16-14(22-13)23-8-12(19)18(4)10-6-7-24(20,21)9-10/h10-11H,5-9H2,1-4H3/t10-,11+/m1/s1. The van der Waals surface area contributed by atoms with E-state index in [9.17, 15) is 13.2 Å². The number of amides is 1. The van der Waals surface area contributed by atoms with Gasteiger partial charge in [0, 0.05) is 13.1 Å². The summed E-state index contributed by atoms with van der Waals surface area (Å²) in [4.78, 5) is 15.8. The Morgan fingerprint density at radius 2 is 2.08 bits per heavy atom. The summed E-state index contributed by atoms with van der Waals surface area (Å²) >= 11 is 1.18. The summed E-state index contributed by atoms with van der Waals surface area (Å²) in [5.41, 5.74) is 0. The van der Waals surface area contributed by atoms with Gasteiger partial charge in [-0.05, 0) is 26.9 Å². The van der Waals surface area contributed by atoms with Crippen LogP contribution in [0.1, 0.15) is 31.7 Å². The maximum Gasteiger partial charge on any atom is 0.277 e. The van der Waals surface area contributed by atoms with E-state index in [0.717, 1.165) is 6.42 Å². The molecule has 1 saturated heterocycles. The monoisotopic (exact) mass is 376 g/mol. The van der Waals surface area contributed by atoms with E-state index in [1.54, 1.807) is 7.05 Å². The zero-order valence-corrected chi connectivity index (χ0v) is 16.1. The van der Waals surface area contributed by atoms with Crippen LogP contribution in [0.15, 0.2) is 9.64 Å². The summed E-state index contributed by atoms with van der Waals surface area (Å²) in [6.07, 6.45) is 1.35. The van der Waals surface area contributed by atoms with Crippen molar-refractivity contribution < 1.29 is 17.6 Å². The molecular formula is C14H24N4O4S2. The highest BCUT2D eigenvalue weighted by atomic mass is 32.2. The maximum absolute atomic E-state index is 12.2. The lowest BCUT2D eigenvalue weighted by Gasteiger charge is -2.22. The van der Waals surface area contributed by atoms with Gasteiger partial charge in [0.1, 0.15) is 0 Å². The number of hydrogen-bond acceptors (Lipinski definition) is 8. The Kier molecular flexibility index (Phi) is 6.27. The predicted molar refractivity (Wildman–Crippen MR) is 91.6 cm³/mol. The Balaban J connectivity index is 1.89.